The minimum atomic E-state index is -0.438. The molecule has 1 aromatic heterocycles. The second-order valence-corrected chi connectivity index (χ2v) is 5.57. The van der Waals surface area contributed by atoms with E-state index in [0.29, 0.717) is 15.6 Å². The van der Waals surface area contributed by atoms with Gasteiger partial charge in [-0.3, -0.25) is 10.1 Å². The third kappa shape index (κ3) is 1.72. The van der Waals surface area contributed by atoms with Gasteiger partial charge in [0, 0.05) is 15.2 Å². The zero-order chi connectivity index (χ0) is 12.9. The van der Waals surface area contributed by atoms with Gasteiger partial charge in [0.1, 0.15) is 11.2 Å². The summed E-state index contributed by atoms with van der Waals surface area (Å²) in [4.78, 5) is 10.4. The molecule has 0 saturated carbocycles. The molecular weight excluding hydrogens is 366 g/mol. The van der Waals surface area contributed by atoms with Crippen LogP contribution in [0.5, 0.6) is 0 Å². The summed E-state index contributed by atoms with van der Waals surface area (Å²) in [5, 5.41) is 12.6. The van der Waals surface area contributed by atoms with Crippen LogP contribution >= 0.6 is 31.9 Å². The molecule has 0 unspecified atom stereocenters. The molecule has 0 atom stereocenters. The van der Waals surface area contributed by atoms with E-state index < -0.39 is 4.92 Å². The highest BCUT2D eigenvalue weighted by Gasteiger charge is 2.17. The van der Waals surface area contributed by atoms with E-state index >= 15 is 0 Å². The Morgan fingerprint density at radius 2 is 1.78 bits per heavy atom. The Bertz CT molecular complexity index is 795. The van der Waals surface area contributed by atoms with Gasteiger partial charge in [-0.2, -0.15) is 0 Å². The van der Waals surface area contributed by atoms with Crippen LogP contribution in [-0.2, 0) is 0 Å². The second kappa shape index (κ2) is 4.07. The number of halogens is 2. The third-order valence-corrected chi connectivity index (χ3v) is 3.83. The molecule has 0 fully saturated rings. The predicted octanol–water partition coefficient (Wildman–Crippen LogP) is 5.02. The molecule has 3 aromatic rings. The third-order valence-electron chi connectivity index (χ3n) is 2.70. The van der Waals surface area contributed by atoms with E-state index in [9.17, 15) is 10.1 Å². The molecular formula is C12H5Br2NO3. The SMILES string of the molecule is O=[N+]([O-])c1cc2oc3ccc(Br)cc3c2cc1Br. The standard InChI is InChI=1S/C12H5Br2NO3/c13-6-1-2-11-7(3-6)8-4-9(14)10(15(16)17)5-12(8)18-11/h1-5H. The van der Waals surface area contributed by atoms with Crippen LogP contribution in [-0.4, -0.2) is 4.92 Å². The Labute approximate surface area is 118 Å². The number of fused-ring (bicyclic) bond motifs is 3. The number of hydrogen-bond donors (Lipinski definition) is 0. The van der Waals surface area contributed by atoms with Crippen LogP contribution in [0.1, 0.15) is 0 Å². The number of hydrogen-bond acceptors (Lipinski definition) is 3. The van der Waals surface area contributed by atoms with Crippen molar-refractivity contribution < 1.29 is 9.34 Å². The molecule has 3 rings (SSSR count). The number of benzene rings is 2. The van der Waals surface area contributed by atoms with Crippen molar-refractivity contribution >= 4 is 59.5 Å². The molecule has 18 heavy (non-hydrogen) atoms. The van der Waals surface area contributed by atoms with Crippen molar-refractivity contribution in [3.05, 3.63) is 49.4 Å². The maximum absolute atomic E-state index is 10.9. The molecule has 4 nitrogen and oxygen atoms in total. The monoisotopic (exact) mass is 369 g/mol. The van der Waals surface area contributed by atoms with E-state index in [0.717, 1.165) is 15.2 Å². The lowest BCUT2D eigenvalue weighted by Gasteiger charge is -1.95. The fourth-order valence-electron chi connectivity index (χ4n) is 1.90. The number of furan rings is 1. The molecule has 0 saturated heterocycles. The summed E-state index contributed by atoms with van der Waals surface area (Å²) >= 11 is 6.61. The number of nitrogens with zero attached hydrogens (tertiary/aromatic N) is 1. The van der Waals surface area contributed by atoms with Gasteiger partial charge in [-0.15, -0.1) is 0 Å². The highest BCUT2D eigenvalue weighted by Crippen LogP contribution is 2.36. The van der Waals surface area contributed by atoms with Gasteiger partial charge in [-0.05, 0) is 40.2 Å². The zero-order valence-electron chi connectivity index (χ0n) is 8.81. The Morgan fingerprint density at radius 3 is 2.50 bits per heavy atom. The number of rotatable bonds is 1. The minimum absolute atomic E-state index is 0.000576. The molecule has 0 aliphatic rings. The van der Waals surface area contributed by atoms with Crippen molar-refractivity contribution in [1.29, 1.82) is 0 Å². The molecule has 0 N–H and O–H groups in total. The van der Waals surface area contributed by atoms with Crippen LogP contribution in [0.2, 0.25) is 0 Å². The lowest BCUT2D eigenvalue weighted by Crippen LogP contribution is -1.88. The average molecular weight is 371 g/mol. The Morgan fingerprint density at radius 1 is 1.06 bits per heavy atom. The summed E-state index contributed by atoms with van der Waals surface area (Å²) < 4.78 is 6.99. The fraction of sp³-hybridized carbons (Fsp3) is 0. The summed E-state index contributed by atoms with van der Waals surface area (Å²) in [5.41, 5.74) is 1.22. The molecule has 6 heteroatoms. The van der Waals surface area contributed by atoms with Gasteiger partial charge >= 0.3 is 0 Å². The lowest BCUT2D eigenvalue weighted by atomic mass is 10.1. The summed E-state index contributed by atoms with van der Waals surface area (Å²) in [6.07, 6.45) is 0. The van der Waals surface area contributed by atoms with Crippen molar-refractivity contribution in [3.8, 4) is 0 Å². The van der Waals surface area contributed by atoms with Crippen molar-refractivity contribution in [3.63, 3.8) is 0 Å². The highest BCUT2D eigenvalue weighted by molar-refractivity contribution is 9.10. The number of nitro benzene ring substituents is 1. The largest absolute Gasteiger partial charge is 0.456 e. The molecule has 1 heterocycles. The van der Waals surface area contributed by atoms with Gasteiger partial charge < -0.3 is 4.42 Å². The van der Waals surface area contributed by atoms with Crippen LogP contribution in [0.15, 0.2) is 43.7 Å². The molecule has 0 amide bonds. The van der Waals surface area contributed by atoms with E-state index in [2.05, 4.69) is 31.9 Å². The second-order valence-electron chi connectivity index (χ2n) is 3.80. The Balaban J connectivity index is 2.44. The van der Waals surface area contributed by atoms with Gasteiger partial charge in [0.15, 0.2) is 0 Å². The van der Waals surface area contributed by atoms with Gasteiger partial charge in [-0.1, -0.05) is 15.9 Å². The summed E-state index contributed by atoms with van der Waals surface area (Å²) in [6.45, 7) is 0. The van der Waals surface area contributed by atoms with Crippen LogP contribution in [0.25, 0.3) is 21.9 Å². The van der Waals surface area contributed by atoms with Gasteiger partial charge in [-0.25, -0.2) is 0 Å². The molecule has 0 radical (unpaired) electrons. The first-order chi connectivity index (χ1) is 8.56. The summed E-state index contributed by atoms with van der Waals surface area (Å²) in [6, 6.07) is 8.78. The fourth-order valence-corrected chi connectivity index (χ4v) is 2.75. The van der Waals surface area contributed by atoms with Gasteiger partial charge in [0.2, 0.25) is 0 Å². The van der Waals surface area contributed by atoms with E-state index in [1.807, 2.05) is 18.2 Å². The quantitative estimate of drug-likeness (QED) is 0.446. The van der Waals surface area contributed by atoms with Crippen LogP contribution in [0, 0.1) is 10.1 Å². The first-order valence-electron chi connectivity index (χ1n) is 5.02. The topological polar surface area (TPSA) is 56.3 Å². The van der Waals surface area contributed by atoms with E-state index in [-0.39, 0.29) is 5.69 Å². The lowest BCUT2D eigenvalue weighted by molar-refractivity contribution is -0.385. The minimum Gasteiger partial charge on any atom is -0.456 e. The van der Waals surface area contributed by atoms with Crippen molar-refractivity contribution in [2.24, 2.45) is 0 Å². The normalized spacial score (nSPS) is 11.2. The molecule has 0 bridgehead atoms. The number of nitro groups is 1. The van der Waals surface area contributed by atoms with E-state index in [1.54, 1.807) is 6.07 Å². The van der Waals surface area contributed by atoms with Crippen molar-refractivity contribution in [2.45, 2.75) is 0 Å². The first-order valence-corrected chi connectivity index (χ1v) is 6.60. The zero-order valence-corrected chi connectivity index (χ0v) is 12.0. The van der Waals surface area contributed by atoms with Crippen LogP contribution in [0.3, 0.4) is 0 Å². The smallest absolute Gasteiger partial charge is 0.287 e. The van der Waals surface area contributed by atoms with E-state index in [4.69, 9.17) is 4.42 Å². The van der Waals surface area contributed by atoms with Crippen molar-refractivity contribution in [2.75, 3.05) is 0 Å². The molecule has 0 aliphatic heterocycles. The maximum Gasteiger partial charge on any atom is 0.287 e. The molecule has 2 aromatic carbocycles. The first kappa shape index (κ1) is 11.7. The highest BCUT2D eigenvalue weighted by atomic mass is 79.9. The summed E-state index contributed by atoms with van der Waals surface area (Å²) in [7, 11) is 0. The van der Waals surface area contributed by atoms with Crippen LogP contribution < -0.4 is 0 Å². The molecule has 0 spiro atoms. The predicted molar refractivity (Wildman–Crippen MR) is 75.8 cm³/mol. The van der Waals surface area contributed by atoms with Gasteiger partial charge in [0.05, 0.1) is 15.5 Å². The average Bonchev–Trinajstić information content (AvgIpc) is 2.65. The Hall–Kier alpha value is -1.40. The van der Waals surface area contributed by atoms with Crippen LogP contribution in [0.4, 0.5) is 5.69 Å². The molecule has 0 aliphatic carbocycles. The molecule has 90 valence electrons. The van der Waals surface area contributed by atoms with E-state index in [1.165, 1.54) is 6.07 Å². The maximum atomic E-state index is 10.9. The summed E-state index contributed by atoms with van der Waals surface area (Å²) in [5.74, 6) is 0. The Kier molecular flexibility index (Phi) is 2.64. The van der Waals surface area contributed by atoms with Crippen molar-refractivity contribution in [1.82, 2.24) is 0 Å². The van der Waals surface area contributed by atoms with Gasteiger partial charge in [0.25, 0.3) is 5.69 Å².